The Kier molecular flexibility index (Phi) is 5.21. The number of nitriles is 1. The van der Waals surface area contributed by atoms with Gasteiger partial charge in [0.15, 0.2) is 5.75 Å². The van der Waals surface area contributed by atoms with Crippen molar-refractivity contribution in [2.75, 3.05) is 6.61 Å². The summed E-state index contributed by atoms with van der Waals surface area (Å²) < 4.78 is 33.5. The van der Waals surface area contributed by atoms with Crippen LogP contribution in [-0.2, 0) is 11.3 Å². The summed E-state index contributed by atoms with van der Waals surface area (Å²) in [7, 11) is 0. The largest absolute Gasteiger partial charge is 0.462 e. The summed E-state index contributed by atoms with van der Waals surface area (Å²) in [6, 6.07) is 3.95. The summed E-state index contributed by atoms with van der Waals surface area (Å²) in [5, 5.41) is 17.9. The van der Waals surface area contributed by atoms with E-state index in [2.05, 4.69) is 4.74 Å². The fourth-order valence-electron chi connectivity index (χ4n) is 1.44. The predicted molar refractivity (Wildman–Crippen MR) is 59.7 cm³/mol. The third kappa shape index (κ3) is 3.63. The quantitative estimate of drug-likeness (QED) is 0.826. The van der Waals surface area contributed by atoms with Crippen LogP contribution in [0.3, 0.4) is 0 Å². The van der Waals surface area contributed by atoms with E-state index in [1.165, 1.54) is 6.07 Å². The molecule has 0 aliphatic rings. The zero-order chi connectivity index (χ0) is 14.4. The van der Waals surface area contributed by atoms with Gasteiger partial charge in [0.25, 0.3) is 0 Å². The second-order valence-corrected chi connectivity index (χ2v) is 3.39. The van der Waals surface area contributed by atoms with Gasteiger partial charge in [0.1, 0.15) is 11.6 Å². The zero-order valence-corrected chi connectivity index (χ0v) is 10.0. The third-order valence-electron chi connectivity index (χ3n) is 2.15. The average Bonchev–Trinajstić information content (AvgIpc) is 2.38. The van der Waals surface area contributed by atoms with E-state index in [0.29, 0.717) is 0 Å². The number of carbonyl (C=O) groups is 1. The van der Waals surface area contributed by atoms with Gasteiger partial charge in [-0.3, -0.25) is 0 Å². The van der Waals surface area contributed by atoms with Crippen molar-refractivity contribution >= 4 is 5.97 Å². The minimum atomic E-state index is -3.18. The molecule has 0 aromatic heterocycles. The maximum absolute atomic E-state index is 12.3. The molecule has 1 N–H and O–H groups in total. The van der Waals surface area contributed by atoms with Gasteiger partial charge in [-0.15, -0.1) is 0 Å². The van der Waals surface area contributed by atoms with E-state index >= 15 is 0 Å². The number of halogens is 2. The Bertz CT molecular complexity index is 511. The van der Waals surface area contributed by atoms with E-state index in [1.54, 1.807) is 13.0 Å². The number of carbonyl (C=O) groups excluding carboxylic acids is 1. The standard InChI is InChI=1S/C12H11F2NO4/c1-2-18-11(17)9-4-7(6-16)3-8(5-15)10(9)19-12(13)14/h3-4,12,16H,2,6H2,1H3. The number of alkyl halides is 2. The topological polar surface area (TPSA) is 79.5 Å². The highest BCUT2D eigenvalue weighted by molar-refractivity contribution is 5.93. The van der Waals surface area contributed by atoms with Crippen molar-refractivity contribution in [3.63, 3.8) is 0 Å². The van der Waals surface area contributed by atoms with Gasteiger partial charge >= 0.3 is 12.6 Å². The zero-order valence-electron chi connectivity index (χ0n) is 10.0. The van der Waals surface area contributed by atoms with E-state index < -0.39 is 24.9 Å². The summed E-state index contributed by atoms with van der Waals surface area (Å²) >= 11 is 0. The normalized spacial score (nSPS) is 10.1. The van der Waals surface area contributed by atoms with Gasteiger partial charge in [-0.1, -0.05) is 0 Å². The van der Waals surface area contributed by atoms with Crippen LogP contribution in [0.4, 0.5) is 8.78 Å². The minimum absolute atomic E-state index is 0.0399. The molecule has 0 saturated heterocycles. The van der Waals surface area contributed by atoms with Crippen LogP contribution in [0.2, 0.25) is 0 Å². The SMILES string of the molecule is CCOC(=O)c1cc(CO)cc(C#N)c1OC(F)F. The molecule has 0 saturated carbocycles. The van der Waals surface area contributed by atoms with Gasteiger partial charge in [-0.25, -0.2) is 4.79 Å². The second kappa shape index (κ2) is 6.66. The molecular formula is C12H11F2NO4. The molecule has 0 aliphatic carbocycles. The number of aliphatic hydroxyl groups excluding tert-OH is 1. The van der Waals surface area contributed by atoms with Crippen molar-refractivity contribution in [2.45, 2.75) is 20.1 Å². The van der Waals surface area contributed by atoms with Crippen molar-refractivity contribution in [1.29, 1.82) is 5.26 Å². The molecular weight excluding hydrogens is 260 g/mol. The van der Waals surface area contributed by atoms with Crippen molar-refractivity contribution < 1.29 is 28.2 Å². The molecule has 0 atom stereocenters. The van der Waals surface area contributed by atoms with Crippen LogP contribution in [-0.4, -0.2) is 24.3 Å². The molecule has 5 nitrogen and oxygen atoms in total. The lowest BCUT2D eigenvalue weighted by molar-refractivity contribution is -0.0506. The number of benzene rings is 1. The smallest absolute Gasteiger partial charge is 0.387 e. The fraction of sp³-hybridized carbons (Fsp3) is 0.333. The first kappa shape index (κ1) is 14.9. The van der Waals surface area contributed by atoms with E-state index in [4.69, 9.17) is 15.1 Å². The van der Waals surface area contributed by atoms with Gasteiger partial charge in [0, 0.05) is 0 Å². The molecule has 0 aliphatic heterocycles. The number of aliphatic hydroxyl groups is 1. The molecule has 1 aromatic carbocycles. The molecule has 19 heavy (non-hydrogen) atoms. The Balaban J connectivity index is 3.37. The maximum Gasteiger partial charge on any atom is 0.387 e. The van der Waals surface area contributed by atoms with Gasteiger partial charge < -0.3 is 14.6 Å². The summed E-state index contributed by atoms with van der Waals surface area (Å²) in [5.74, 6) is -1.45. The summed E-state index contributed by atoms with van der Waals surface area (Å²) in [5.41, 5.74) is -0.360. The number of hydrogen-bond acceptors (Lipinski definition) is 5. The Labute approximate surface area is 108 Å². The number of esters is 1. The molecule has 102 valence electrons. The second-order valence-electron chi connectivity index (χ2n) is 3.39. The molecule has 0 amide bonds. The highest BCUT2D eigenvalue weighted by Crippen LogP contribution is 2.28. The van der Waals surface area contributed by atoms with E-state index in [9.17, 15) is 13.6 Å². The summed E-state index contributed by atoms with van der Waals surface area (Å²) in [4.78, 5) is 11.6. The molecule has 0 heterocycles. The Morgan fingerprint density at radius 3 is 2.68 bits per heavy atom. The Hall–Kier alpha value is -2.20. The summed E-state index contributed by atoms with van der Waals surface area (Å²) in [6.45, 7) is -2.04. The molecule has 0 fully saturated rings. The van der Waals surface area contributed by atoms with Crippen molar-refractivity contribution in [1.82, 2.24) is 0 Å². The lowest BCUT2D eigenvalue weighted by Gasteiger charge is -2.13. The molecule has 0 spiro atoms. The molecule has 0 bridgehead atoms. The molecule has 7 heteroatoms. The monoisotopic (exact) mass is 271 g/mol. The first-order valence-electron chi connectivity index (χ1n) is 5.33. The van der Waals surface area contributed by atoms with Crippen LogP contribution in [0.5, 0.6) is 5.75 Å². The van der Waals surface area contributed by atoms with E-state index in [1.807, 2.05) is 0 Å². The minimum Gasteiger partial charge on any atom is -0.462 e. The predicted octanol–water partition coefficient (Wildman–Crippen LogP) is 1.83. The molecule has 1 rings (SSSR count). The number of rotatable bonds is 5. The lowest BCUT2D eigenvalue weighted by atomic mass is 10.0. The third-order valence-corrected chi connectivity index (χ3v) is 2.15. The van der Waals surface area contributed by atoms with Crippen molar-refractivity contribution in [2.24, 2.45) is 0 Å². The van der Waals surface area contributed by atoms with Gasteiger partial charge in [0.2, 0.25) is 0 Å². The fourth-order valence-corrected chi connectivity index (χ4v) is 1.44. The van der Waals surface area contributed by atoms with Crippen molar-refractivity contribution in [3.8, 4) is 11.8 Å². The Morgan fingerprint density at radius 2 is 2.21 bits per heavy atom. The molecule has 0 radical (unpaired) electrons. The highest BCUT2D eigenvalue weighted by Gasteiger charge is 2.22. The molecule has 0 unspecified atom stereocenters. The average molecular weight is 271 g/mol. The molecule has 1 aromatic rings. The lowest BCUT2D eigenvalue weighted by Crippen LogP contribution is -2.12. The first-order chi connectivity index (χ1) is 9.03. The van der Waals surface area contributed by atoms with E-state index in [0.717, 1.165) is 6.07 Å². The van der Waals surface area contributed by atoms with Gasteiger partial charge in [-0.2, -0.15) is 14.0 Å². The Morgan fingerprint density at radius 1 is 1.53 bits per heavy atom. The van der Waals surface area contributed by atoms with Gasteiger partial charge in [0.05, 0.1) is 18.8 Å². The number of ether oxygens (including phenoxy) is 2. The van der Waals surface area contributed by atoms with Crippen LogP contribution in [0.15, 0.2) is 12.1 Å². The van der Waals surface area contributed by atoms with E-state index in [-0.39, 0.29) is 23.3 Å². The first-order valence-corrected chi connectivity index (χ1v) is 5.33. The summed E-state index contributed by atoms with van der Waals surface area (Å²) in [6.07, 6.45) is 0. The van der Waals surface area contributed by atoms with Crippen LogP contribution in [0, 0.1) is 11.3 Å². The van der Waals surface area contributed by atoms with Crippen LogP contribution < -0.4 is 4.74 Å². The number of hydrogen-bond donors (Lipinski definition) is 1. The highest BCUT2D eigenvalue weighted by atomic mass is 19.3. The van der Waals surface area contributed by atoms with Crippen LogP contribution in [0.1, 0.15) is 28.4 Å². The number of nitrogens with zero attached hydrogens (tertiary/aromatic N) is 1. The van der Waals surface area contributed by atoms with Crippen molar-refractivity contribution in [3.05, 3.63) is 28.8 Å². The van der Waals surface area contributed by atoms with Crippen LogP contribution in [0.25, 0.3) is 0 Å². The maximum atomic E-state index is 12.3. The van der Waals surface area contributed by atoms with Gasteiger partial charge in [-0.05, 0) is 24.6 Å². The van der Waals surface area contributed by atoms with Crippen LogP contribution >= 0.6 is 0 Å².